The Morgan fingerprint density at radius 1 is 1.00 bits per heavy atom. The standard InChI is InChI=1S/C17H16N2O3S2/c1-11-16(12-5-9-15(10-6-12)24(18,20)21)17(19-22-11)13-3-7-14(23-2)8-4-13/h3-10H,1-2H3,(H2,18,20,21). The number of aromatic nitrogens is 1. The zero-order chi connectivity index (χ0) is 17.3. The van der Waals surface area contributed by atoms with E-state index in [2.05, 4.69) is 5.16 Å². The maximum Gasteiger partial charge on any atom is 0.238 e. The molecule has 5 nitrogen and oxygen atoms in total. The van der Waals surface area contributed by atoms with Gasteiger partial charge in [-0.2, -0.15) is 0 Å². The lowest BCUT2D eigenvalue weighted by Gasteiger charge is -2.05. The van der Waals surface area contributed by atoms with E-state index in [9.17, 15) is 8.42 Å². The summed E-state index contributed by atoms with van der Waals surface area (Å²) in [6, 6.07) is 14.4. The fourth-order valence-electron chi connectivity index (χ4n) is 2.47. The minimum absolute atomic E-state index is 0.0752. The molecule has 0 saturated heterocycles. The minimum atomic E-state index is -3.71. The molecule has 24 heavy (non-hydrogen) atoms. The lowest BCUT2D eigenvalue weighted by atomic mass is 10.00. The normalized spacial score (nSPS) is 11.6. The van der Waals surface area contributed by atoms with Crippen LogP contribution in [0.25, 0.3) is 22.4 Å². The average molecular weight is 360 g/mol. The number of nitrogens with zero attached hydrogens (tertiary/aromatic N) is 1. The number of aryl methyl sites for hydroxylation is 1. The van der Waals surface area contributed by atoms with Gasteiger partial charge in [0.05, 0.1) is 10.5 Å². The molecule has 0 aliphatic rings. The number of hydrogen-bond acceptors (Lipinski definition) is 5. The van der Waals surface area contributed by atoms with Crippen LogP contribution in [-0.4, -0.2) is 19.8 Å². The Balaban J connectivity index is 2.07. The molecule has 0 spiro atoms. The van der Waals surface area contributed by atoms with Gasteiger partial charge < -0.3 is 4.52 Å². The first-order chi connectivity index (χ1) is 11.4. The Hall–Kier alpha value is -2.09. The van der Waals surface area contributed by atoms with E-state index in [1.165, 1.54) is 12.1 Å². The van der Waals surface area contributed by atoms with Gasteiger partial charge in [0.15, 0.2) is 0 Å². The molecule has 0 aliphatic heterocycles. The second-order valence-corrected chi connectivity index (χ2v) is 7.70. The van der Waals surface area contributed by atoms with Gasteiger partial charge in [-0.1, -0.05) is 29.4 Å². The topological polar surface area (TPSA) is 86.2 Å². The van der Waals surface area contributed by atoms with E-state index in [0.717, 1.165) is 27.3 Å². The first-order valence-corrected chi connectivity index (χ1v) is 9.91. The van der Waals surface area contributed by atoms with Crippen molar-refractivity contribution in [3.05, 3.63) is 54.3 Å². The van der Waals surface area contributed by atoms with Crippen LogP contribution in [0.5, 0.6) is 0 Å². The average Bonchev–Trinajstić information content (AvgIpc) is 2.96. The Morgan fingerprint density at radius 2 is 1.58 bits per heavy atom. The Bertz CT molecular complexity index is 960. The smallest absolute Gasteiger partial charge is 0.238 e. The van der Waals surface area contributed by atoms with Gasteiger partial charge in [0, 0.05) is 10.5 Å². The number of primary sulfonamides is 1. The molecule has 0 bridgehead atoms. The van der Waals surface area contributed by atoms with Gasteiger partial charge in [0.25, 0.3) is 0 Å². The van der Waals surface area contributed by atoms with E-state index in [1.807, 2.05) is 37.4 Å². The lowest BCUT2D eigenvalue weighted by molar-refractivity contribution is 0.400. The van der Waals surface area contributed by atoms with Crippen LogP contribution in [0.3, 0.4) is 0 Å². The third-order valence-electron chi connectivity index (χ3n) is 3.70. The zero-order valence-corrected chi connectivity index (χ0v) is 14.8. The highest BCUT2D eigenvalue weighted by Crippen LogP contribution is 2.35. The van der Waals surface area contributed by atoms with Crippen molar-refractivity contribution in [3.8, 4) is 22.4 Å². The largest absolute Gasteiger partial charge is 0.360 e. The second kappa shape index (κ2) is 6.43. The molecular formula is C17H16N2O3S2. The molecule has 3 aromatic rings. The molecule has 1 heterocycles. The molecule has 0 radical (unpaired) electrons. The van der Waals surface area contributed by atoms with Gasteiger partial charge in [0.1, 0.15) is 11.5 Å². The highest BCUT2D eigenvalue weighted by Gasteiger charge is 2.17. The highest BCUT2D eigenvalue weighted by molar-refractivity contribution is 7.98. The molecule has 3 rings (SSSR count). The maximum atomic E-state index is 11.4. The number of nitrogens with two attached hydrogens (primary N) is 1. The molecule has 0 fully saturated rings. The summed E-state index contributed by atoms with van der Waals surface area (Å²) in [5.41, 5.74) is 3.33. The van der Waals surface area contributed by atoms with E-state index in [4.69, 9.17) is 9.66 Å². The predicted molar refractivity (Wildman–Crippen MR) is 95.3 cm³/mol. The number of sulfonamides is 1. The summed E-state index contributed by atoms with van der Waals surface area (Å²) in [4.78, 5) is 1.24. The maximum absolute atomic E-state index is 11.4. The fraction of sp³-hybridized carbons (Fsp3) is 0.118. The number of rotatable bonds is 4. The van der Waals surface area contributed by atoms with Crippen LogP contribution in [0.4, 0.5) is 0 Å². The van der Waals surface area contributed by atoms with Gasteiger partial charge in [-0.25, -0.2) is 13.6 Å². The number of thioether (sulfide) groups is 1. The summed E-state index contributed by atoms with van der Waals surface area (Å²) < 4.78 is 28.1. The summed E-state index contributed by atoms with van der Waals surface area (Å²) in [6.45, 7) is 1.83. The summed E-state index contributed by atoms with van der Waals surface area (Å²) in [7, 11) is -3.71. The molecule has 0 amide bonds. The van der Waals surface area contributed by atoms with Crippen molar-refractivity contribution in [2.24, 2.45) is 5.14 Å². The van der Waals surface area contributed by atoms with Crippen LogP contribution in [0.15, 0.2) is 62.8 Å². The first kappa shape index (κ1) is 16.8. The molecule has 0 unspecified atom stereocenters. The van der Waals surface area contributed by atoms with E-state index >= 15 is 0 Å². The molecule has 0 saturated carbocycles. The van der Waals surface area contributed by atoms with Crippen LogP contribution >= 0.6 is 11.8 Å². The van der Waals surface area contributed by atoms with Crippen molar-refractivity contribution in [1.29, 1.82) is 0 Å². The zero-order valence-electron chi connectivity index (χ0n) is 13.2. The fourth-order valence-corrected chi connectivity index (χ4v) is 3.39. The summed E-state index contributed by atoms with van der Waals surface area (Å²) in [6.07, 6.45) is 2.02. The first-order valence-electron chi connectivity index (χ1n) is 7.14. The van der Waals surface area contributed by atoms with Crippen LogP contribution in [-0.2, 0) is 10.0 Å². The van der Waals surface area contributed by atoms with Crippen LogP contribution < -0.4 is 5.14 Å². The molecule has 124 valence electrons. The predicted octanol–water partition coefficient (Wildman–Crippen LogP) is 3.69. The summed E-state index contributed by atoms with van der Waals surface area (Å²) in [5, 5.41) is 9.31. The third kappa shape index (κ3) is 3.24. The Labute approximate surface area is 144 Å². The number of benzene rings is 2. The van der Waals surface area contributed by atoms with Crippen molar-refractivity contribution in [2.45, 2.75) is 16.7 Å². The highest BCUT2D eigenvalue weighted by atomic mass is 32.2. The Morgan fingerprint density at radius 3 is 2.12 bits per heavy atom. The van der Waals surface area contributed by atoms with Crippen molar-refractivity contribution in [1.82, 2.24) is 5.16 Å². The van der Waals surface area contributed by atoms with E-state index in [0.29, 0.717) is 5.76 Å². The van der Waals surface area contributed by atoms with Gasteiger partial charge >= 0.3 is 0 Å². The third-order valence-corrected chi connectivity index (χ3v) is 5.37. The van der Waals surface area contributed by atoms with Gasteiger partial charge in [-0.15, -0.1) is 11.8 Å². The van der Waals surface area contributed by atoms with Gasteiger partial charge in [0.2, 0.25) is 10.0 Å². The van der Waals surface area contributed by atoms with Crippen molar-refractivity contribution < 1.29 is 12.9 Å². The van der Waals surface area contributed by atoms with Crippen LogP contribution in [0.1, 0.15) is 5.76 Å². The lowest BCUT2D eigenvalue weighted by Crippen LogP contribution is -2.11. The van der Waals surface area contributed by atoms with Crippen molar-refractivity contribution in [2.75, 3.05) is 6.26 Å². The Kier molecular flexibility index (Phi) is 4.49. The van der Waals surface area contributed by atoms with Crippen LogP contribution in [0.2, 0.25) is 0 Å². The summed E-state index contributed by atoms with van der Waals surface area (Å²) in [5.74, 6) is 0.669. The monoisotopic (exact) mass is 360 g/mol. The minimum Gasteiger partial charge on any atom is -0.360 e. The van der Waals surface area contributed by atoms with E-state index in [-0.39, 0.29) is 4.90 Å². The molecular weight excluding hydrogens is 344 g/mol. The van der Waals surface area contributed by atoms with Crippen molar-refractivity contribution >= 4 is 21.8 Å². The van der Waals surface area contributed by atoms with E-state index < -0.39 is 10.0 Å². The van der Waals surface area contributed by atoms with E-state index in [1.54, 1.807) is 23.9 Å². The molecule has 1 aromatic heterocycles. The molecule has 2 N–H and O–H groups in total. The van der Waals surface area contributed by atoms with Crippen LogP contribution in [0, 0.1) is 6.92 Å². The van der Waals surface area contributed by atoms with Crippen molar-refractivity contribution in [3.63, 3.8) is 0 Å². The summed E-state index contributed by atoms with van der Waals surface area (Å²) >= 11 is 1.67. The number of hydrogen-bond donors (Lipinski definition) is 1. The second-order valence-electron chi connectivity index (χ2n) is 5.26. The molecule has 0 aliphatic carbocycles. The molecule has 7 heteroatoms. The van der Waals surface area contributed by atoms with Gasteiger partial charge in [-0.05, 0) is 43.0 Å². The SMILES string of the molecule is CSc1ccc(-c2noc(C)c2-c2ccc(S(N)(=O)=O)cc2)cc1. The van der Waals surface area contributed by atoms with Gasteiger partial charge in [-0.3, -0.25) is 0 Å². The molecule has 2 aromatic carbocycles. The molecule has 0 atom stereocenters. The quantitative estimate of drug-likeness (QED) is 0.717.